The lowest BCUT2D eigenvalue weighted by molar-refractivity contribution is -0.116. The van der Waals surface area contributed by atoms with Gasteiger partial charge in [-0.2, -0.15) is 8.78 Å². The van der Waals surface area contributed by atoms with Crippen LogP contribution in [0.15, 0.2) is 58.7 Å². The molecule has 0 fully saturated rings. The number of pyridine rings is 1. The number of benzene rings is 1. The summed E-state index contributed by atoms with van der Waals surface area (Å²) < 4.78 is 25.7. The number of anilines is 1. The molecule has 0 aliphatic rings. The highest BCUT2D eigenvalue weighted by atomic mass is 32.2. The number of rotatable bonds is 5. The Balaban J connectivity index is 1.70. The first-order valence-electron chi connectivity index (χ1n) is 7.17. The highest BCUT2D eigenvalue weighted by Gasteiger charge is 2.09. The Morgan fingerprint density at radius 2 is 2.00 bits per heavy atom. The van der Waals surface area contributed by atoms with E-state index >= 15 is 0 Å². The van der Waals surface area contributed by atoms with Crippen LogP contribution in [0.25, 0.3) is 10.9 Å². The van der Waals surface area contributed by atoms with Crippen LogP contribution in [-0.2, 0) is 11.3 Å². The predicted octanol–water partition coefficient (Wildman–Crippen LogP) is 2.74. The van der Waals surface area contributed by atoms with E-state index in [1.54, 1.807) is 6.07 Å². The Bertz CT molecular complexity index is 960. The third kappa shape index (κ3) is 4.18. The van der Waals surface area contributed by atoms with Gasteiger partial charge in [0.25, 0.3) is 11.3 Å². The number of aromatic nitrogens is 3. The molecule has 0 aliphatic carbocycles. The minimum Gasteiger partial charge on any atom is -0.325 e. The van der Waals surface area contributed by atoms with Crippen LogP contribution < -0.4 is 10.9 Å². The van der Waals surface area contributed by atoms with Crippen LogP contribution in [0.1, 0.15) is 0 Å². The summed E-state index contributed by atoms with van der Waals surface area (Å²) in [6, 6.07) is 7.57. The minimum atomic E-state index is -2.50. The van der Waals surface area contributed by atoms with Crippen molar-refractivity contribution in [1.29, 1.82) is 0 Å². The molecule has 3 aromatic rings. The number of carbonyl (C=O) groups is 1. The zero-order valence-electron chi connectivity index (χ0n) is 12.7. The maximum atomic E-state index is 12.3. The van der Waals surface area contributed by atoms with Gasteiger partial charge in [-0.25, -0.2) is 4.98 Å². The van der Waals surface area contributed by atoms with Crippen molar-refractivity contribution >= 4 is 34.3 Å². The van der Waals surface area contributed by atoms with Gasteiger partial charge < -0.3 is 5.32 Å². The minimum absolute atomic E-state index is 0.211. The quantitative estimate of drug-likeness (QED) is 0.706. The fraction of sp³-hybridized carbons (Fsp3) is 0.125. The Kier molecular flexibility index (Phi) is 5.03. The Labute approximate surface area is 144 Å². The van der Waals surface area contributed by atoms with E-state index in [2.05, 4.69) is 15.3 Å². The van der Waals surface area contributed by atoms with Crippen LogP contribution in [0.2, 0.25) is 0 Å². The number of carbonyl (C=O) groups excluding carboxylic acids is 1. The first kappa shape index (κ1) is 17.0. The SMILES string of the molecule is O=C(Cn1cnc2cnccc2c1=O)Nc1ccc(SC(F)F)cc1. The molecule has 1 aromatic carbocycles. The molecule has 0 radical (unpaired) electrons. The van der Waals surface area contributed by atoms with Crippen molar-refractivity contribution in [2.75, 3.05) is 5.32 Å². The molecule has 0 bridgehead atoms. The number of alkyl halides is 2. The lowest BCUT2D eigenvalue weighted by Crippen LogP contribution is -2.27. The molecule has 1 amide bonds. The summed E-state index contributed by atoms with van der Waals surface area (Å²) in [5.74, 6) is -2.92. The van der Waals surface area contributed by atoms with Gasteiger partial charge in [-0.3, -0.25) is 19.1 Å². The van der Waals surface area contributed by atoms with E-state index in [1.165, 1.54) is 47.6 Å². The summed E-state index contributed by atoms with van der Waals surface area (Å²) >= 11 is 0.427. The normalized spacial score (nSPS) is 11.0. The summed E-state index contributed by atoms with van der Waals surface area (Å²) in [7, 11) is 0. The molecule has 0 saturated carbocycles. The standard InChI is InChI=1S/C16H12F2N4O2S/c17-16(18)25-11-3-1-10(2-4-11)21-14(23)8-22-9-20-13-7-19-6-5-12(13)15(22)24/h1-7,9,16H,8H2,(H,21,23). The average molecular weight is 362 g/mol. The van der Waals surface area contributed by atoms with Gasteiger partial charge in [0.2, 0.25) is 5.91 Å². The molecule has 128 valence electrons. The number of hydrogen-bond acceptors (Lipinski definition) is 5. The second-order valence-corrected chi connectivity index (χ2v) is 6.08. The van der Waals surface area contributed by atoms with Crippen molar-refractivity contribution in [2.24, 2.45) is 0 Å². The van der Waals surface area contributed by atoms with Crippen LogP contribution >= 0.6 is 11.8 Å². The average Bonchev–Trinajstić information content (AvgIpc) is 2.59. The number of halogens is 2. The molecular weight excluding hydrogens is 350 g/mol. The number of amides is 1. The fourth-order valence-corrected chi connectivity index (χ4v) is 2.70. The smallest absolute Gasteiger partial charge is 0.288 e. The van der Waals surface area contributed by atoms with E-state index in [0.717, 1.165) is 0 Å². The molecule has 2 aromatic heterocycles. The van der Waals surface area contributed by atoms with E-state index in [1.807, 2.05) is 0 Å². The molecule has 3 rings (SSSR count). The molecule has 0 unspecified atom stereocenters. The number of fused-ring (bicyclic) bond motifs is 1. The van der Waals surface area contributed by atoms with Gasteiger partial charge in [0, 0.05) is 16.8 Å². The van der Waals surface area contributed by atoms with E-state index in [4.69, 9.17) is 0 Å². The van der Waals surface area contributed by atoms with Crippen LogP contribution in [0.3, 0.4) is 0 Å². The van der Waals surface area contributed by atoms with Crippen LogP contribution in [0, 0.1) is 0 Å². The summed E-state index contributed by atoms with van der Waals surface area (Å²) in [6.45, 7) is -0.211. The van der Waals surface area contributed by atoms with Crippen molar-refractivity contribution in [2.45, 2.75) is 17.2 Å². The number of thioether (sulfide) groups is 1. The first-order valence-corrected chi connectivity index (χ1v) is 8.05. The maximum Gasteiger partial charge on any atom is 0.288 e. The molecule has 0 saturated heterocycles. The van der Waals surface area contributed by atoms with Crippen LogP contribution in [0.5, 0.6) is 0 Å². The van der Waals surface area contributed by atoms with E-state index in [0.29, 0.717) is 33.2 Å². The molecule has 6 nitrogen and oxygen atoms in total. The Morgan fingerprint density at radius 1 is 1.24 bits per heavy atom. The third-order valence-electron chi connectivity index (χ3n) is 3.30. The fourth-order valence-electron chi connectivity index (χ4n) is 2.20. The molecule has 0 spiro atoms. The van der Waals surface area contributed by atoms with Gasteiger partial charge in [0.05, 0.1) is 23.4 Å². The van der Waals surface area contributed by atoms with Crippen LogP contribution in [0.4, 0.5) is 14.5 Å². The van der Waals surface area contributed by atoms with Gasteiger partial charge in [0.1, 0.15) is 6.54 Å². The third-order valence-corrected chi connectivity index (χ3v) is 4.03. The summed E-state index contributed by atoms with van der Waals surface area (Å²) in [4.78, 5) is 32.8. The molecule has 0 atom stereocenters. The van der Waals surface area contributed by atoms with Crippen molar-refractivity contribution in [3.63, 3.8) is 0 Å². The summed E-state index contributed by atoms with van der Waals surface area (Å²) in [5.41, 5.74) is 0.567. The molecule has 0 aliphatic heterocycles. The van der Waals surface area contributed by atoms with Gasteiger partial charge in [-0.15, -0.1) is 0 Å². The number of nitrogens with zero attached hydrogens (tertiary/aromatic N) is 3. The molecule has 9 heteroatoms. The zero-order chi connectivity index (χ0) is 17.8. The highest BCUT2D eigenvalue weighted by Crippen LogP contribution is 2.26. The van der Waals surface area contributed by atoms with Crippen LogP contribution in [-0.4, -0.2) is 26.2 Å². The number of nitrogens with one attached hydrogen (secondary N) is 1. The second kappa shape index (κ2) is 7.39. The lowest BCUT2D eigenvalue weighted by Gasteiger charge is -2.08. The van der Waals surface area contributed by atoms with E-state index in [-0.39, 0.29) is 12.1 Å². The van der Waals surface area contributed by atoms with Gasteiger partial charge in [-0.1, -0.05) is 11.8 Å². The van der Waals surface area contributed by atoms with Crippen molar-refractivity contribution in [1.82, 2.24) is 14.5 Å². The van der Waals surface area contributed by atoms with Crippen molar-refractivity contribution in [3.8, 4) is 0 Å². The van der Waals surface area contributed by atoms with Gasteiger partial charge in [0.15, 0.2) is 0 Å². The summed E-state index contributed by atoms with van der Waals surface area (Å²) in [6.07, 6.45) is 4.24. The summed E-state index contributed by atoms with van der Waals surface area (Å²) in [5, 5.41) is 2.98. The Morgan fingerprint density at radius 3 is 2.72 bits per heavy atom. The van der Waals surface area contributed by atoms with Gasteiger partial charge >= 0.3 is 0 Å². The maximum absolute atomic E-state index is 12.3. The molecule has 25 heavy (non-hydrogen) atoms. The van der Waals surface area contributed by atoms with E-state index in [9.17, 15) is 18.4 Å². The highest BCUT2D eigenvalue weighted by molar-refractivity contribution is 7.99. The molecular formula is C16H12F2N4O2S. The molecule has 1 N–H and O–H groups in total. The first-order chi connectivity index (χ1) is 12.0. The van der Waals surface area contributed by atoms with Crippen molar-refractivity contribution < 1.29 is 13.6 Å². The zero-order valence-corrected chi connectivity index (χ0v) is 13.5. The topological polar surface area (TPSA) is 76.9 Å². The second-order valence-electron chi connectivity index (χ2n) is 5.02. The lowest BCUT2D eigenvalue weighted by atomic mass is 10.3. The molecule has 2 heterocycles. The van der Waals surface area contributed by atoms with Gasteiger partial charge in [-0.05, 0) is 30.3 Å². The Hall–Kier alpha value is -2.81. The predicted molar refractivity (Wildman–Crippen MR) is 90.7 cm³/mol. The number of hydrogen-bond donors (Lipinski definition) is 1. The van der Waals surface area contributed by atoms with Crippen molar-refractivity contribution in [3.05, 3.63) is 59.4 Å². The largest absolute Gasteiger partial charge is 0.325 e. The monoisotopic (exact) mass is 362 g/mol. The van der Waals surface area contributed by atoms with E-state index < -0.39 is 11.7 Å².